The third-order valence-electron chi connectivity index (χ3n) is 8.75. The Morgan fingerprint density at radius 2 is 1.20 bits per heavy atom. The van der Waals surface area contributed by atoms with E-state index < -0.39 is 0 Å². The molecule has 0 aromatic heterocycles. The van der Waals surface area contributed by atoms with Gasteiger partial charge in [0.1, 0.15) is 0 Å². The Morgan fingerprint density at radius 3 is 1.56 bits per heavy atom. The van der Waals surface area contributed by atoms with Crippen LogP contribution in [-0.4, -0.2) is 12.1 Å². The van der Waals surface area contributed by atoms with Gasteiger partial charge in [-0.1, -0.05) is 41.5 Å². The molecule has 2 atom stereocenters. The molecule has 2 rings (SSSR count). The summed E-state index contributed by atoms with van der Waals surface area (Å²) in [4.78, 5) is 0. The van der Waals surface area contributed by atoms with Crippen molar-refractivity contribution >= 4 is 0 Å². The lowest BCUT2D eigenvalue weighted by Gasteiger charge is -2.60. The van der Waals surface area contributed by atoms with Gasteiger partial charge >= 0.3 is 0 Å². The van der Waals surface area contributed by atoms with Crippen molar-refractivity contribution in [2.75, 3.05) is 0 Å². The highest BCUT2D eigenvalue weighted by Crippen LogP contribution is 2.58. The number of hydrogen-bond acceptors (Lipinski definition) is 2. The molecule has 2 heteroatoms. The predicted octanol–water partition coefficient (Wildman–Crippen LogP) is 5.74. The van der Waals surface area contributed by atoms with E-state index in [9.17, 15) is 0 Å². The molecule has 2 aliphatic rings. The topological polar surface area (TPSA) is 52.0 Å². The van der Waals surface area contributed by atoms with Gasteiger partial charge in [0.25, 0.3) is 0 Å². The van der Waals surface area contributed by atoms with E-state index in [0.29, 0.717) is 34.7 Å². The van der Waals surface area contributed by atoms with Crippen molar-refractivity contribution in [3.8, 4) is 0 Å². The Kier molecular flexibility index (Phi) is 7.04. The molecule has 2 saturated carbocycles. The standard InChI is InChI=1S/C23H46N2/c1-7-22(16(3)4)14-19(13-18-9-11-20(24)12-10-18)15-23(8-2,17(5)6)21(22)25/h16-21H,7-15,24-25H2,1-6H3. The molecule has 2 aliphatic carbocycles. The first-order chi connectivity index (χ1) is 11.7. The second kappa shape index (κ2) is 8.30. The van der Waals surface area contributed by atoms with E-state index >= 15 is 0 Å². The molecule has 0 radical (unpaired) electrons. The van der Waals surface area contributed by atoms with Crippen molar-refractivity contribution in [3.63, 3.8) is 0 Å². The lowest BCUT2D eigenvalue weighted by molar-refractivity contribution is -0.0747. The van der Waals surface area contributed by atoms with E-state index in [2.05, 4.69) is 41.5 Å². The van der Waals surface area contributed by atoms with E-state index in [1.54, 1.807) is 0 Å². The lowest BCUT2D eigenvalue weighted by Crippen LogP contribution is -2.61. The molecule has 0 aromatic carbocycles. The maximum atomic E-state index is 7.11. The average Bonchev–Trinajstić information content (AvgIpc) is 2.58. The summed E-state index contributed by atoms with van der Waals surface area (Å²) in [5.41, 5.74) is 13.9. The van der Waals surface area contributed by atoms with Crippen LogP contribution in [0.15, 0.2) is 0 Å². The van der Waals surface area contributed by atoms with Gasteiger partial charge in [0.05, 0.1) is 0 Å². The van der Waals surface area contributed by atoms with Crippen molar-refractivity contribution in [1.82, 2.24) is 0 Å². The Morgan fingerprint density at radius 1 is 0.760 bits per heavy atom. The van der Waals surface area contributed by atoms with E-state index in [-0.39, 0.29) is 0 Å². The Balaban J connectivity index is 2.26. The Bertz CT molecular complexity index is 384. The van der Waals surface area contributed by atoms with Crippen molar-refractivity contribution in [2.24, 2.45) is 46.0 Å². The van der Waals surface area contributed by atoms with E-state index in [1.807, 2.05) is 0 Å². The molecule has 2 nitrogen and oxygen atoms in total. The zero-order valence-electron chi connectivity index (χ0n) is 18.0. The van der Waals surface area contributed by atoms with Gasteiger partial charge in [-0.2, -0.15) is 0 Å². The molecular weight excluding hydrogens is 304 g/mol. The molecule has 25 heavy (non-hydrogen) atoms. The van der Waals surface area contributed by atoms with Crippen molar-refractivity contribution in [2.45, 2.75) is 111 Å². The maximum absolute atomic E-state index is 7.11. The molecular formula is C23H46N2. The first kappa shape index (κ1) is 21.2. The zero-order chi connectivity index (χ0) is 18.8. The van der Waals surface area contributed by atoms with Crippen molar-refractivity contribution in [3.05, 3.63) is 0 Å². The highest BCUT2D eigenvalue weighted by molar-refractivity contribution is 5.08. The highest BCUT2D eigenvalue weighted by atomic mass is 14.8. The van der Waals surface area contributed by atoms with Gasteiger partial charge in [-0.05, 0) is 92.3 Å². The molecule has 0 aliphatic heterocycles. The van der Waals surface area contributed by atoms with E-state index in [4.69, 9.17) is 11.5 Å². The van der Waals surface area contributed by atoms with Gasteiger partial charge in [-0.25, -0.2) is 0 Å². The minimum atomic E-state index is 0.314. The van der Waals surface area contributed by atoms with Gasteiger partial charge in [0, 0.05) is 12.1 Å². The number of hydrogen-bond donors (Lipinski definition) is 2. The average molecular weight is 351 g/mol. The molecule has 0 amide bonds. The van der Waals surface area contributed by atoms with Gasteiger partial charge in [0.2, 0.25) is 0 Å². The van der Waals surface area contributed by atoms with Gasteiger partial charge in [0.15, 0.2) is 0 Å². The molecule has 0 spiro atoms. The maximum Gasteiger partial charge on any atom is 0.0157 e. The molecule has 148 valence electrons. The minimum absolute atomic E-state index is 0.314. The third-order valence-corrected chi connectivity index (χ3v) is 8.75. The SMILES string of the molecule is CCC1(C(C)C)CC(CC2CCC(N)CC2)CC(CC)(C(C)C)C1N. The van der Waals surface area contributed by atoms with E-state index in [1.165, 1.54) is 57.8 Å². The molecule has 0 saturated heterocycles. The first-order valence-corrected chi connectivity index (χ1v) is 11.2. The molecule has 0 heterocycles. The predicted molar refractivity (Wildman–Crippen MR) is 110 cm³/mol. The van der Waals surface area contributed by atoms with Crippen LogP contribution in [0, 0.1) is 34.5 Å². The van der Waals surface area contributed by atoms with Crippen LogP contribution in [0.4, 0.5) is 0 Å². The minimum Gasteiger partial charge on any atom is -0.328 e. The third kappa shape index (κ3) is 3.95. The summed E-state index contributed by atoms with van der Waals surface area (Å²) in [6.45, 7) is 14.5. The van der Waals surface area contributed by atoms with Crippen LogP contribution in [0.1, 0.15) is 99.3 Å². The Labute approximate surface area is 157 Å². The molecule has 0 bridgehead atoms. The fraction of sp³-hybridized carbons (Fsp3) is 1.00. The Hall–Kier alpha value is -0.0800. The van der Waals surface area contributed by atoms with Crippen LogP contribution in [0.25, 0.3) is 0 Å². The van der Waals surface area contributed by atoms with Crippen LogP contribution in [0.2, 0.25) is 0 Å². The van der Waals surface area contributed by atoms with E-state index in [0.717, 1.165) is 11.8 Å². The van der Waals surface area contributed by atoms with Gasteiger partial charge in [-0.3, -0.25) is 0 Å². The summed E-state index contributed by atoms with van der Waals surface area (Å²) < 4.78 is 0. The summed E-state index contributed by atoms with van der Waals surface area (Å²) in [5, 5.41) is 0. The van der Waals surface area contributed by atoms with Crippen LogP contribution in [-0.2, 0) is 0 Å². The van der Waals surface area contributed by atoms with Crippen molar-refractivity contribution in [1.29, 1.82) is 0 Å². The highest BCUT2D eigenvalue weighted by Gasteiger charge is 2.55. The summed E-state index contributed by atoms with van der Waals surface area (Å²) in [6, 6.07) is 0.804. The number of nitrogens with two attached hydrogens (primary N) is 2. The molecule has 2 fully saturated rings. The summed E-state index contributed by atoms with van der Waals surface area (Å²) in [5.74, 6) is 3.09. The largest absolute Gasteiger partial charge is 0.328 e. The fourth-order valence-corrected chi connectivity index (χ4v) is 6.77. The van der Waals surface area contributed by atoms with Gasteiger partial charge in [-0.15, -0.1) is 0 Å². The lowest BCUT2D eigenvalue weighted by atomic mass is 9.47. The van der Waals surface area contributed by atoms with Crippen LogP contribution in [0.3, 0.4) is 0 Å². The smallest absolute Gasteiger partial charge is 0.0157 e. The second-order valence-corrected chi connectivity index (χ2v) is 10.3. The van der Waals surface area contributed by atoms with Crippen molar-refractivity contribution < 1.29 is 0 Å². The monoisotopic (exact) mass is 350 g/mol. The van der Waals surface area contributed by atoms with Gasteiger partial charge < -0.3 is 11.5 Å². The summed E-state index contributed by atoms with van der Waals surface area (Å²) >= 11 is 0. The number of rotatable bonds is 6. The normalized spacial score (nSPS) is 43.0. The molecule has 2 unspecified atom stereocenters. The summed E-state index contributed by atoms with van der Waals surface area (Å²) in [6.07, 6.45) is 11.8. The fourth-order valence-electron chi connectivity index (χ4n) is 6.77. The molecule has 4 N–H and O–H groups in total. The first-order valence-electron chi connectivity index (χ1n) is 11.2. The molecule has 0 aromatic rings. The zero-order valence-corrected chi connectivity index (χ0v) is 18.0. The van der Waals surface area contributed by atoms with Crippen LogP contribution >= 0.6 is 0 Å². The summed E-state index contributed by atoms with van der Waals surface area (Å²) in [7, 11) is 0. The quantitative estimate of drug-likeness (QED) is 0.642. The van der Waals surface area contributed by atoms with Crippen LogP contribution < -0.4 is 11.5 Å². The second-order valence-electron chi connectivity index (χ2n) is 10.3. The van der Waals surface area contributed by atoms with Crippen LogP contribution in [0.5, 0.6) is 0 Å².